The van der Waals surface area contributed by atoms with Crippen molar-refractivity contribution in [3.63, 3.8) is 0 Å². The minimum Gasteiger partial charge on any atom is -0.353 e. The summed E-state index contributed by atoms with van der Waals surface area (Å²) >= 11 is 0. The highest BCUT2D eigenvalue weighted by molar-refractivity contribution is 4.85. The Bertz CT molecular complexity index is 445. The molecule has 1 fully saturated rings. The first-order valence-electron chi connectivity index (χ1n) is 5.29. The highest BCUT2D eigenvalue weighted by atomic mass is 16.7. The number of hydrogen-bond acceptors (Lipinski definition) is 4. The van der Waals surface area contributed by atoms with Gasteiger partial charge in [-0.3, -0.25) is 19.4 Å². The maximum absolute atomic E-state index is 11.4. The average Bonchev–Trinajstić information content (AvgIpc) is 2.32. The van der Waals surface area contributed by atoms with Gasteiger partial charge in [0.15, 0.2) is 6.29 Å². The van der Waals surface area contributed by atoms with Gasteiger partial charge < -0.3 is 9.47 Å². The van der Waals surface area contributed by atoms with E-state index in [1.165, 1.54) is 16.8 Å². The molecule has 1 aromatic heterocycles. The van der Waals surface area contributed by atoms with E-state index in [0.717, 1.165) is 6.42 Å². The topological polar surface area (TPSA) is 73.3 Å². The zero-order valence-corrected chi connectivity index (χ0v) is 8.85. The molecule has 0 unspecified atom stereocenters. The summed E-state index contributed by atoms with van der Waals surface area (Å²) in [7, 11) is 0. The summed E-state index contributed by atoms with van der Waals surface area (Å²) in [6.45, 7) is 1.76. The minimum atomic E-state index is -0.287. The fourth-order valence-electron chi connectivity index (χ4n) is 1.57. The molecule has 1 saturated heterocycles. The summed E-state index contributed by atoms with van der Waals surface area (Å²) in [6, 6.07) is 2.47. The van der Waals surface area contributed by atoms with Crippen LogP contribution in [0.15, 0.2) is 21.7 Å². The van der Waals surface area contributed by atoms with E-state index in [9.17, 15) is 9.59 Å². The molecule has 1 aliphatic heterocycles. The van der Waals surface area contributed by atoms with Crippen LogP contribution in [0.5, 0.6) is 0 Å². The first-order valence-corrected chi connectivity index (χ1v) is 5.29. The third-order valence-corrected chi connectivity index (χ3v) is 2.37. The molecular formula is C10H14N2O4. The van der Waals surface area contributed by atoms with E-state index in [4.69, 9.17) is 9.47 Å². The van der Waals surface area contributed by atoms with E-state index >= 15 is 0 Å². The zero-order valence-electron chi connectivity index (χ0n) is 8.85. The summed E-state index contributed by atoms with van der Waals surface area (Å²) in [6.07, 6.45) is 1.18. The number of ether oxygens (including phenoxy) is 2. The van der Waals surface area contributed by atoms with Gasteiger partial charge in [-0.2, -0.15) is 0 Å². The van der Waals surface area contributed by atoms with Gasteiger partial charge in [0.25, 0.3) is 11.1 Å². The molecule has 1 N–H and O–H groups in total. The molecule has 16 heavy (non-hydrogen) atoms. The molecule has 0 radical (unpaired) electrons. The molecule has 0 atom stereocenters. The number of hydrogen-bond donors (Lipinski definition) is 1. The molecule has 6 nitrogen and oxygen atoms in total. The highest BCUT2D eigenvalue weighted by Gasteiger charge is 2.14. The molecule has 0 saturated carbocycles. The zero-order chi connectivity index (χ0) is 11.4. The van der Waals surface area contributed by atoms with Gasteiger partial charge in [-0.15, -0.1) is 0 Å². The Morgan fingerprint density at radius 2 is 2.06 bits per heavy atom. The van der Waals surface area contributed by atoms with Crippen LogP contribution >= 0.6 is 0 Å². The van der Waals surface area contributed by atoms with Gasteiger partial charge in [0.05, 0.1) is 13.2 Å². The molecule has 0 amide bonds. The number of aromatic nitrogens is 2. The first kappa shape index (κ1) is 11.1. The quantitative estimate of drug-likeness (QED) is 0.767. The van der Waals surface area contributed by atoms with Crippen molar-refractivity contribution in [1.29, 1.82) is 0 Å². The minimum absolute atomic E-state index is 0.226. The molecule has 0 spiro atoms. The Morgan fingerprint density at radius 3 is 2.81 bits per heavy atom. The van der Waals surface area contributed by atoms with Gasteiger partial charge >= 0.3 is 0 Å². The van der Waals surface area contributed by atoms with Crippen LogP contribution in [0.2, 0.25) is 0 Å². The fraction of sp³-hybridized carbons (Fsp3) is 0.600. The van der Waals surface area contributed by atoms with Gasteiger partial charge in [0.1, 0.15) is 0 Å². The van der Waals surface area contributed by atoms with Crippen LogP contribution in [0.3, 0.4) is 0 Å². The van der Waals surface area contributed by atoms with Gasteiger partial charge in [-0.25, -0.2) is 0 Å². The van der Waals surface area contributed by atoms with Crippen LogP contribution in [-0.4, -0.2) is 29.3 Å². The molecule has 2 rings (SSSR count). The lowest BCUT2D eigenvalue weighted by Gasteiger charge is -2.23. The monoisotopic (exact) mass is 226 g/mol. The Labute approximate surface area is 91.8 Å². The summed E-state index contributed by atoms with van der Waals surface area (Å²) in [5.41, 5.74) is -0.513. The van der Waals surface area contributed by atoms with E-state index < -0.39 is 0 Å². The number of rotatable bonds is 3. The van der Waals surface area contributed by atoms with E-state index in [2.05, 4.69) is 5.10 Å². The van der Waals surface area contributed by atoms with E-state index in [0.29, 0.717) is 26.2 Å². The van der Waals surface area contributed by atoms with Crippen molar-refractivity contribution in [2.75, 3.05) is 13.2 Å². The number of nitrogens with zero attached hydrogens (tertiary/aromatic N) is 1. The molecule has 6 heteroatoms. The Hall–Kier alpha value is -1.40. The summed E-state index contributed by atoms with van der Waals surface area (Å²) in [5, 5.41) is 2.45. The predicted octanol–water partition coefficient (Wildman–Crippen LogP) is -0.310. The molecule has 0 aliphatic carbocycles. The molecule has 2 heterocycles. The van der Waals surface area contributed by atoms with E-state index in [-0.39, 0.29) is 17.4 Å². The molecule has 0 bridgehead atoms. The van der Waals surface area contributed by atoms with Gasteiger partial charge in [0.2, 0.25) is 0 Å². The largest absolute Gasteiger partial charge is 0.353 e. The van der Waals surface area contributed by atoms with Crippen molar-refractivity contribution in [1.82, 2.24) is 9.78 Å². The van der Waals surface area contributed by atoms with Crippen molar-refractivity contribution < 1.29 is 9.47 Å². The van der Waals surface area contributed by atoms with Crippen LogP contribution in [-0.2, 0) is 16.0 Å². The molecule has 88 valence electrons. The third-order valence-electron chi connectivity index (χ3n) is 2.37. The van der Waals surface area contributed by atoms with Crippen molar-refractivity contribution in [2.45, 2.75) is 25.7 Å². The lowest BCUT2D eigenvalue weighted by atomic mass is 10.3. The van der Waals surface area contributed by atoms with E-state index in [1.54, 1.807) is 0 Å². The maximum Gasteiger partial charge on any atom is 0.265 e. The lowest BCUT2D eigenvalue weighted by Crippen LogP contribution is -2.31. The van der Waals surface area contributed by atoms with Crippen LogP contribution in [0, 0.1) is 0 Å². The molecule has 1 aromatic rings. The SMILES string of the molecule is O=c1ccc(=O)n(CCC2OCCCO2)[nH]1. The number of H-pyrrole nitrogens is 1. The second-order valence-corrected chi connectivity index (χ2v) is 3.61. The number of nitrogens with one attached hydrogen (secondary N) is 1. The van der Waals surface area contributed by atoms with Crippen LogP contribution in [0.4, 0.5) is 0 Å². The molecular weight excluding hydrogens is 212 g/mol. The normalized spacial score (nSPS) is 17.5. The van der Waals surface area contributed by atoms with Crippen molar-refractivity contribution in [2.24, 2.45) is 0 Å². The Balaban J connectivity index is 1.96. The first-order chi connectivity index (χ1) is 7.75. The number of aryl methyl sites for hydroxylation is 1. The summed E-state index contributed by atoms with van der Waals surface area (Å²) in [4.78, 5) is 22.4. The van der Waals surface area contributed by atoms with Crippen molar-refractivity contribution in [3.05, 3.63) is 32.8 Å². The van der Waals surface area contributed by atoms with Crippen LogP contribution < -0.4 is 11.1 Å². The van der Waals surface area contributed by atoms with Crippen molar-refractivity contribution in [3.8, 4) is 0 Å². The third kappa shape index (κ3) is 2.80. The van der Waals surface area contributed by atoms with Crippen LogP contribution in [0.25, 0.3) is 0 Å². The predicted molar refractivity (Wildman–Crippen MR) is 56.2 cm³/mol. The smallest absolute Gasteiger partial charge is 0.265 e. The second kappa shape index (κ2) is 5.09. The summed E-state index contributed by atoms with van der Waals surface area (Å²) in [5.74, 6) is 0. The second-order valence-electron chi connectivity index (χ2n) is 3.61. The van der Waals surface area contributed by atoms with Gasteiger partial charge in [-0.1, -0.05) is 0 Å². The molecule has 1 aliphatic rings. The standard InChI is InChI=1S/C10H14N2O4/c13-8-2-3-9(14)12(11-8)5-4-10-15-6-1-7-16-10/h2-3,10H,1,4-7H2,(H,11,13). The van der Waals surface area contributed by atoms with Gasteiger partial charge in [-0.05, 0) is 6.42 Å². The van der Waals surface area contributed by atoms with Crippen molar-refractivity contribution >= 4 is 0 Å². The maximum atomic E-state index is 11.4. The van der Waals surface area contributed by atoms with Crippen LogP contribution in [0.1, 0.15) is 12.8 Å². The Kier molecular flexibility index (Phi) is 3.53. The van der Waals surface area contributed by atoms with E-state index in [1.807, 2.05) is 0 Å². The number of aromatic amines is 1. The average molecular weight is 226 g/mol. The lowest BCUT2D eigenvalue weighted by molar-refractivity contribution is -0.182. The summed E-state index contributed by atoms with van der Waals surface area (Å²) < 4.78 is 11.9. The molecule has 0 aromatic carbocycles. The van der Waals surface area contributed by atoms with Gasteiger partial charge in [0, 0.05) is 25.1 Å². The highest BCUT2D eigenvalue weighted by Crippen LogP contribution is 2.08. The Morgan fingerprint density at radius 1 is 1.31 bits per heavy atom. The fourth-order valence-corrected chi connectivity index (χ4v) is 1.57.